The molecule has 0 amide bonds. The molecule has 2 aliphatic rings. The van der Waals surface area contributed by atoms with Gasteiger partial charge in [-0.05, 0) is 104 Å². The van der Waals surface area contributed by atoms with Gasteiger partial charge in [0.2, 0.25) is 11.8 Å². The third kappa shape index (κ3) is 11.5. The predicted octanol–water partition coefficient (Wildman–Crippen LogP) is 4.17. The maximum absolute atomic E-state index is 12.8. The molecule has 0 unspecified atom stereocenters. The number of nitrogens with one attached hydrogen (secondary N) is 1. The Morgan fingerprint density at radius 1 is 0.672 bits per heavy atom. The Hall–Kier alpha value is -4.96. The molecule has 2 fully saturated rings. The Labute approximate surface area is 359 Å². The van der Waals surface area contributed by atoms with Gasteiger partial charge in [-0.1, -0.05) is 12.1 Å². The molecular weight excluding hydrogens is 858 g/mol. The number of aromatic nitrogens is 2. The number of nitrogens with two attached hydrogens (primary N) is 1. The van der Waals surface area contributed by atoms with Gasteiger partial charge in [0.1, 0.15) is 5.69 Å². The number of nitrogens with zero attached hydrogens (tertiary/aromatic N) is 2. The summed E-state index contributed by atoms with van der Waals surface area (Å²) in [7, 11) is -1.23. The zero-order chi connectivity index (χ0) is 45.9. The standard InChI is InChI=1S/C19H23BN2O7S.C12H19BN2O3.C7H5ClO4S/c1-18(2)19(3,4)29-20(28-18)13-10-15(16(27-5)21-11-13)22-30(25,26)14-8-6-7-12(9-14)17(23)24;1-11(2)12(3,4)18-13(17-11)8-6-9(14)10(16-5)15-7-8;8-13(11,12)6-3-1-2-5(4-6)7(9)10/h6-11,22H,1-5H3,(H,23,24);6-7H,14H2,1-5H3;1-4H,(H,9,10). The van der Waals surface area contributed by atoms with Gasteiger partial charge in [-0.3, -0.25) is 4.72 Å². The number of hydrogen-bond acceptors (Lipinski definition) is 15. The Morgan fingerprint density at radius 3 is 1.46 bits per heavy atom. The van der Waals surface area contributed by atoms with Gasteiger partial charge < -0.3 is 44.0 Å². The molecule has 328 valence electrons. The van der Waals surface area contributed by atoms with Crippen molar-refractivity contribution in [3.05, 3.63) is 84.2 Å². The summed E-state index contributed by atoms with van der Waals surface area (Å²) in [6.07, 6.45) is 3.15. The second-order valence-corrected chi connectivity index (χ2v) is 19.8. The minimum Gasteiger partial charge on any atom is -0.480 e. The molecule has 2 aromatic heterocycles. The highest BCUT2D eigenvalue weighted by atomic mass is 35.7. The molecule has 4 aromatic rings. The number of hydrogen-bond donors (Lipinski definition) is 4. The van der Waals surface area contributed by atoms with E-state index < -0.39 is 56.5 Å². The summed E-state index contributed by atoms with van der Waals surface area (Å²) in [5, 5.41) is 17.7. The lowest BCUT2D eigenvalue weighted by Gasteiger charge is -2.32. The average molecular weight is 905 g/mol. The number of halogens is 1. The molecule has 6 rings (SSSR count). The van der Waals surface area contributed by atoms with E-state index in [0.29, 0.717) is 17.0 Å². The summed E-state index contributed by atoms with van der Waals surface area (Å²) >= 11 is 0. The summed E-state index contributed by atoms with van der Waals surface area (Å²) < 4.78 is 83.7. The largest absolute Gasteiger partial charge is 0.496 e. The smallest absolute Gasteiger partial charge is 0.480 e. The van der Waals surface area contributed by atoms with Crippen LogP contribution >= 0.6 is 10.7 Å². The van der Waals surface area contributed by atoms with Crippen molar-refractivity contribution in [1.82, 2.24) is 9.97 Å². The van der Waals surface area contributed by atoms with E-state index in [-0.39, 0.29) is 43.7 Å². The van der Waals surface area contributed by atoms with Gasteiger partial charge >= 0.3 is 26.2 Å². The maximum atomic E-state index is 12.8. The summed E-state index contributed by atoms with van der Waals surface area (Å²) in [6.45, 7) is 15.7. The zero-order valence-corrected chi connectivity index (χ0v) is 37.4. The molecule has 0 saturated carbocycles. The highest BCUT2D eigenvalue weighted by molar-refractivity contribution is 8.13. The van der Waals surface area contributed by atoms with Gasteiger partial charge in [0.05, 0.1) is 63.2 Å². The lowest BCUT2D eigenvalue weighted by Crippen LogP contribution is -2.41. The van der Waals surface area contributed by atoms with Gasteiger partial charge in [-0.15, -0.1) is 0 Å². The van der Waals surface area contributed by atoms with Crippen molar-refractivity contribution in [2.75, 3.05) is 24.7 Å². The van der Waals surface area contributed by atoms with Crippen LogP contribution in [0.15, 0.2) is 82.8 Å². The number of anilines is 2. The van der Waals surface area contributed by atoms with Crippen molar-refractivity contribution in [3.8, 4) is 11.8 Å². The first-order valence-corrected chi connectivity index (χ1v) is 22.0. The highest BCUT2D eigenvalue weighted by Crippen LogP contribution is 2.38. The van der Waals surface area contributed by atoms with Crippen LogP contribution in [0, 0.1) is 0 Å². The first kappa shape index (κ1) is 48.7. The average Bonchev–Trinajstić information content (AvgIpc) is 3.54. The molecule has 18 nitrogen and oxygen atoms in total. The fraction of sp³-hybridized carbons (Fsp3) is 0.368. The number of nitrogen functional groups attached to an aromatic ring is 1. The minimum atomic E-state index is -4.10. The van der Waals surface area contributed by atoms with Gasteiger partial charge in [0.25, 0.3) is 19.1 Å². The molecule has 23 heteroatoms. The summed E-state index contributed by atoms with van der Waals surface area (Å²) in [4.78, 5) is 29.5. The number of carboxylic acids is 2. The van der Waals surface area contributed by atoms with Crippen molar-refractivity contribution in [2.45, 2.75) is 87.6 Å². The molecule has 5 N–H and O–H groups in total. The number of ether oxygens (including phenoxy) is 2. The molecule has 0 bridgehead atoms. The van der Waals surface area contributed by atoms with Crippen LogP contribution in [0.25, 0.3) is 0 Å². The van der Waals surface area contributed by atoms with E-state index in [1.165, 1.54) is 62.9 Å². The number of sulfonamides is 1. The first-order chi connectivity index (χ1) is 28.0. The normalized spacial score (nSPS) is 17.2. The third-order valence-corrected chi connectivity index (χ3v) is 12.9. The molecule has 4 heterocycles. The van der Waals surface area contributed by atoms with Gasteiger partial charge in [-0.2, -0.15) is 0 Å². The minimum absolute atomic E-state index is 0.0493. The lowest BCUT2D eigenvalue weighted by atomic mass is 9.80. The van der Waals surface area contributed by atoms with Crippen molar-refractivity contribution >= 4 is 78.2 Å². The molecule has 0 aliphatic carbocycles. The summed E-state index contributed by atoms with van der Waals surface area (Å²) in [5.41, 5.74) is 5.55. The number of benzene rings is 2. The van der Waals surface area contributed by atoms with E-state index in [9.17, 15) is 26.4 Å². The molecular formula is C38H47B2ClN4O14S2. The first-order valence-electron chi connectivity index (χ1n) is 18.2. The monoisotopic (exact) mass is 904 g/mol. The molecule has 0 radical (unpaired) electrons. The van der Waals surface area contributed by atoms with Crippen LogP contribution in [0.3, 0.4) is 0 Å². The van der Waals surface area contributed by atoms with Crippen LogP contribution in [0.1, 0.15) is 76.1 Å². The second-order valence-electron chi connectivity index (χ2n) is 15.6. The molecule has 0 spiro atoms. The SMILES string of the molecule is COc1ncc(B2OC(C)(C)C(C)(C)O2)cc1N.COc1ncc(B2OC(C)(C)C(C)(C)O2)cc1NS(=O)(=O)c1cccc(C(=O)O)c1.O=C(O)c1cccc(S(=O)(=O)Cl)c1. The van der Waals surface area contributed by atoms with Crippen LogP contribution in [0.4, 0.5) is 11.4 Å². The van der Waals surface area contributed by atoms with Crippen LogP contribution in [0.5, 0.6) is 11.8 Å². The molecule has 2 aromatic carbocycles. The molecule has 2 saturated heterocycles. The van der Waals surface area contributed by atoms with E-state index >= 15 is 0 Å². The number of aromatic carboxylic acids is 2. The van der Waals surface area contributed by atoms with Crippen molar-refractivity contribution < 1.29 is 64.7 Å². The topological polar surface area (TPSA) is 262 Å². The van der Waals surface area contributed by atoms with Crippen LogP contribution < -0.4 is 30.9 Å². The fourth-order valence-electron chi connectivity index (χ4n) is 5.36. The number of rotatable bonds is 10. The van der Waals surface area contributed by atoms with Crippen LogP contribution in [-0.4, -0.2) is 99.8 Å². The number of methoxy groups -OCH3 is 2. The molecule has 61 heavy (non-hydrogen) atoms. The maximum Gasteiger partial charge on any atom is 0.496 e. The van der Waals surface area contributed by atoms with E-state index in [0.717, 1.165) is 17.6 Å². The Kier molecular flexibility index (Phi) is 14.5. The van der Waals surface area contributed by atoms with Crippen molar-refractivity contribution in [3.63, 3.8) is 0 Å². The lowest BCUT2D eigenvalue weighted by molar-refractivity contribution is 0.00578. The van der Waals surface area contributed by atoms with E-state index in [2.05, 4.69) is 14.7 Å². The van der Waals surface area contributed by atoms with Gasteiger partial charge in [0.15, 0.2) is 0 Å². The van der Waals surface area contributed by atoms with E-state index in [1.54, 1.807) is 12.3 Å². The molecule has 0 atom stereocenters. The summed E-state index contributed by atoms with van der Waals surface area (Å²) in [5.74, 6) is -1.96. The second kappa shape index (κ2) is 18.2. The van der Waals surface area contributed by atoms with E-state index in [1.807, 2.05) is 55.4 Å². The number of pyridine rings is 2. The third-order valence-electron chi connectivity index (χ3n) is 10.2. The van der Waals surface area contributed by atoms with Crippen LogP contribution in [-0.2, 0) is 37.7 Å². The van der Waals surface area contributed by atoms with Crippen LogP contribution in [0.2, 0.25) is 0 Å². The predicted molar refractivity (Wildman–Crippen MR) is 228 cm³/mol. The zero-order valence-electron chi connectivity index (χ0n) is 35.0. The quantitative estimate of drug-likeness (QED) is 0.129. The Balaban J connectivity index is 0.000000223. The van der Waals surface area contributed by atoms with Gasteiger partial charge in [-0.25, -0.2) is 36.4 Å². The highest BCUT2D eigenvalue weighted by Gasteiger charge is 2.53. The number of carbonyl (C=O) groups is 2. The summed E-state index contributed by atoms with van der Waals surface area (Å²) in [6, 6.07) is 13.2. The fourth-order valence-corrected chi connectivity index (χ4v) is 7.25. The van der Waals surface area contributed by atoms with E-state index in [4.69, 9.17) is 54.7 Å². The number of carboxylic acid groups (broad SMARTS) is 2. The van der Waals surface area contributed by atoms with Crippen molar-refractivity contribution in [1.29, 1.82) is 0 Å². The van der Waals surface area contributed by atoms with Gasteiger partial charge in [0, 0.05) is 34.0 Å². The van der Waals surface area contributed by atoms with Crippen molar-refractivity contribution in [2.24, 2.45) is 0 Å². The molecule has 2 aliphatic heterocycles. The Morgan fingerprint density at radius 2 is 1.07 bits per heavy atom. The Bertz CT molecular complexity index is 2480.